The minimum atomic E-state index is -4.19. The van der Waals surface area contributed by atoms with Crippen LogP contribution >= 0.6 is 23.2 Å². The Labute approximate surface area is 262 Å². The molecule has 1 atom stereocenters. The van der Waals surface area contributed by atoms with E-state index in [1.165, 1.54) is 31.1 Å². The monoisotopic (exact) mass is 648 g/mol. The predicted molar refractivity (Wildman–Crippen MR) is 168 cm³/mol. The van der Waals surface area contributed by atoms with Gasteiger partial charge in [0, 0.05) is 43.1 Å². The summed E-state index contributed by atoms with van der Waals surface area (Å²) in [4.78, 5) is 29.6. The largest absolute Gasteiger partial charge is 0.352 e. The molecule has 1 aliphatic rings. The van der Waals surface area contributed by atoms with Gasteiger partial charge in [0.25, 0.3) is 0 Å². The molecule has 12 heteroatoms. The van der Waals surface area contributed by atoms with Gasteiger partial charge < -0.3 is 10.2 Å². The van der Waals surface area contributed by atoms with Gasteiger partial charge >= 0.3 is 10.2 Å². The van der Waals surface area contributed by atoms with Gasteiger partial charge in [0.2, 0.25) is 11.8 Å². The third-order valence-corrected chi connectivity index (χ3v) is 9.87. The molecule has 3 aromatic rings. The number of halogens is 3. The Morgan fingerprint density at radius 1 is 0.977 bits per heavy atom. The van der Waals surface area contributed by atoms with Crippen LogP contribution in [-0.4, -0.2) is 62.2 Å². The molecule has 3 aromatic carbocycles. The average Bonchev–Trinajstić information content (AvgIpc) is 3.48. The van der Waals surface area contributed by atoms with Crippen molar-refractivity contribution < 1.29 is 22.4 Å². The Kier molecular flexibility index (Phi) is 11.1. The van der Waals surface area contributed by atoms with Crippen LogP contribution < -0.4 is 9.62 Å². The first-order chi connectivity index (χ1) is 20.5. The Hall–Kier alpha value is -3.18. The maximum atomic E-state index is 14.3. The maximum absolute atomic E-state index is 14.3. The summed E-state index contributed by atoms with van der Waals surface area (Å²) in [5, 5.41) is 3.83. The zero-order valence-electron chi connectivity index (χ0n) is 24.0. The molecule has 0 saturated heterocycles. The Bertz CT molecular complexity index is 1520. The fraction of sp³-hybridized carbons (Fsp3) is 0.355. The lowest BCUT2D eigenvalue weighted by atomic mass is 10.0. The molecule has 1 saturated carbocycles. The summed E-state index contributed by atoms with van der Waals surface area (Å²) in [6, 6.07) is 18.0. The van der Waals surface area contributed by atoms with Crippen molar-refractivity contribution in [3.8, 4) is 0 Å². The highest BCUT2D eigenvalue weighted by atomic mass is 35.5. The van der Waals surface area contributed by atoms with Gasteiger partial charge in [0.05, 0.1) is 5.69 Å². The zero-order chi connectivity index (χ0) is 31.1. The minimum Gasteiger partial charge on any atom is -0.352 e. The van der Waals surface area contributed by atoms with Gasteiger partial charge in [-0.3, -0.25) is 9.59 Å². The van der Waals surface area contributed by atoms with E-state index < -0.39 is 34.5 Å². The van der Waals surface area contributed by atoms with Gasteiger partial charge in [0.1, 0.15) is 18.4 Å². The molecule has 1 N–H and O–H groups in total. The Balaban J connectivity index is 1.77. The van der Waals surface area contributed by atoms with E-state index in [2.05, 4.69) is 5.32 Å². The number of hydrogen-bond donors (Lipinski definition) is 1. The molecule has 1 aliphatic carbocycles. The van der Waals surface area contributed by atoms with Gasteiger partial charge in [0.15, 0.2) is 0 Å². The summed E-state index contributed by atoms with van der Waals surface area (Å²) in [6.07, 6.45) is 3.90. The van der Waals surface area contributed by atoms with Crippen molar-refractivity contribution in [2.24, 2.45) is 0 Å². The molecule has 230 valence electrons. The second kappa shape index (κ2) is 14.5. The maximum Gasteiger partial charge on any atom is 0.304 e. The molecule has 0 aromatic heterocycles. The summed E-state index contributed by atoms with van der Waals surface area (Å²) in [5.74, 6) is -1.52. The molecule has 2 amide bonds. The number of rotatable bonds is 12. The van der Waals surface area contributed by atoms with Crippen LogP contribution in [0.2, 0.25) is 10.0 Å². The standard InChI is InChI=1S/C31H35Cl2FN4O4S/c1-36(2)43(41,42)38(27-16-14-25(34)15-17-27)21-30(39)37(20-23-12-13-24(32)19-28(23)33)29(18-22-8-4-3-5-9-22)31(40)35-26-10-6-7-11-26/h3-5,8-9,12-17,19,26,29H,6-7,10-11,18,20-21H2,1-2H3,(H,35,40)/t29-/m0/s1. The molecule has 0 heterocycles. The molecule has 0 unspecified atom stereocenters. The summed E-state index contributed by atoms with van der Waals surface area (Å²) in [5.41, 5.74) is 1.46. The molecule has 0 radical (unpaired) electrons. The topological polar surface area (TPSA) is 90.0 Å². The quantitative estimate of drug-likeness (QED) is 0.283. The minimum absolute atomic E-state index is 0.00771. The van der Waals surface area contributed by atoms with Crippen molar-refractivity contribution in [1.29, 1.82) is 0 Å². The lowest BCUT2D eigenvalue weighted by molar-refractivity contribution is -0.140. The summed E-state index contributed by atoms with van der Waals surface area (Å²) < 4.78 is 42.5. The highest BCUT2D eigenvalue weighted by Crippen LogP contribution is 2.26. The third kappa shape index (κ3) is 8.47. The lowest BCUT2D eigenvalue weighted by Gasteiger charge is -2.35. The van der Waals surface area contributed by atoms with E-state index in [1.54, 1.807) is 18.2 Å². The van der Waals surface area contributed by atoms with Crippen molar-refractivity contribution in [3.05, 3.63) is 99.8 Å². The van der Waals surface area contributed by atoms with Gasteiger partial charge in [-0.25, -0.2) is 8.70 Å². The number of nitrogens with zero attached hydrogens (tertiary/aromatic N) is 3. The first kappa shape index (κ1) is 32.7. The van der Waals surface area contributed by atoms with Crippen molar-refractivity contribution in [3.63, 3.8) is 0 Å². The zero-order valence-corrected chi connectivity index (χ0v) is 26.4. The number of carbonyl (C=O) groups excluding carboxylic acids is 2. The van der Waals surface area contributed by atoms with E-state index in [0.29, 0.717) is 15.6 Å². The second-order valence-corrected chi connectivity index (χ2v) is 13.6. The van der Waals surface area contributed by atoms with E-state index in [0.717, 1.165) is 52.0 Å². The smallest absolute Gasteiger partial charge is 0.304 e. The van der Waals surface area contributed by atoms with E-state index in [-0.39, 0.29) is 30.6 Å². The number of amides is 2. The summed E-state index contributed by atoms with van der Waals surface area (Å²) in [6.45, 7) is -0.719. The van der Waals surface area contributed by atoms with Crippen LogP contribution in [0.3, 0.4) is 0 Å². The first-order valence-electron chi connectivity index (χ1n) is 14.0. The van der Waals surface area contributed by atoms with Crippen LogP contribution in [0.1, 0.15) is 36.8 Å². The van der Waals surface area contributed by atoms with Crippen LogP contribution in [0, 0.1) is 5.82 Å². The average molecular weight is 650 g/mol. The van der Waals surface area contributed by atoms with E-state index in [1.807, 2.05) is 30.3 Å². The van der Waals surface area contributed by atoms with Crippen molar-refractivity contribution in [2.45, 2.75) is 50.7 Å². The number of nitrogens with one attached hydrogen (secondary N) is 1. The van der Waals surface area contributed by atoms with Gasteiger partial charge in [-0.2, -0.15) is 12.7 Å². The summed E-state index contributed by atoms with van der Waals surface area (Å²) in [7, 11) is -1.51. The van der Waals surface area contributed by atoms with Crippen LogP contribution in [0.15, 0.2) is 72.8 Å². The van der Waals surface area contributed by atoms with Crippen LogP contribution in [0.25, 0.3) is 0 Å². The number of anilines is 1. The number of hydrogen-bond acceptors (Lipinski definition) is 4. The van der Waals surface area contributed by atoms with Gasteiger partial charge in [-0.15, -0.1) is 0 Å². The first-order valence-corrected chi connectivity index (χ1v) is 16.1. The van der Waals surface area contributed by atoms with Crippen molar-refractivity contribution in [1.82, 2.24) is 14.5 Å². The molecule has 43 heavy (non-hydrogen) atoms. The van der Waals surface area contributed by atoms with E-state index in [4.69, 9.17) is 23.2 Å². The highest BCUT2D eigenvalue weighted by Gasteiger charge is 2.36. The molecule has 0 spiro atoms. The van der Waals surface area contributed by atoms with Crippen LogP contribution in [0.4, 0.5) is 10.1 Å². The Morgan fingerprint density at radius 3 is 2.23 bits per heavy atom. The Morgan fingerprint density at radius 2 is 1.63 bits per heavy atom. The third-order valence-electron chi connectivity index (χ3n) is 7.46. The van der Waals surface area contributed by atoms with E-state index >= 15 is 0 Å². The summed E-state index contributed by atoms with van der Waals surface area (Å²) >= 11 is 12.6. The molecule has 8 nitrogen and oxygen atoms in total. The molecule has 1 fully saturated rings. The molecule has 4 rings (SSSR count). The lowest BCUT2D eigenvalue weighted by Crippen LogP contribution is -2.55. The molecule has 0 bridgehead atoms. The fourth-order valence-corrected chi connectivity index (χ4v) is 6.60. The van der Waals surface area contributed by atoms with Crippen molar-refractivity contribution in [2.75, 3.05) is 24.9 Å². The SMILES string of the molecule is CN(C)S(=O)(=O)N(CC(=O)N(Cc1ccc(Cl)cc1Cl)[C@@H](Cc1ccccc1)C(=O)NC1CCCC1)c1ccc(F)cc1. The van der Waals surface area contributed by atoms with Crippen LogP contribution in [-0.2, 0) is 32.8 Å². The molecule has 0 aliphatic heterocycles. The number of benzene rings is 3. The van der Waals surface area contributed by atoms with Gasteiger partial charge in [-0.05, 0) is 60.4 Å². The highest BCUT2D eigenvalue weighted by molar-refractivity contribution is 7.90. The number of carbonyl (C=O) groups is 2. The van der Waals surface area contributed by atoms with E-state index in [9.17, 15) is 22.4 Å². The van der Waals surface area contributed by atoms with Crippen molar-refractivity contribution >= 4 is 50.9 Å². The molecular formula is C31H35Cl2FN4O4S. The fourth-order valence-electron chi connectivity index (χ4n) is 5.08. The predicted octanol–water partition coefficient (Wildman–Crippen LogP) is 5.44. The van der Waals surface area contributed by atoms with Gasteiger partial charge in [-0.1, -0.05) is 72.4 Å². The normalized spacial score (nSPS) is 14.5. The molecular weight excluding hydrogens is 614 g/mol. The second-order valence-electron chi connectivity index (χ2n) is 10.7. The van der Waals surface area contributed by atoms with Crippen LogP contribution in [0.5, 0.6) is 0 Å².